The van der Waals surface area contributed by atoms with Crippen LogP contribution in [0.2, 0.25) is 0 Å². The second-order valence-electron chi connectivity index (χ2n) is 4.02. The molecule has 3 N–H and O–H groups in total. The fourth-order valence-corrected chi connectivity index (χ4v) is 2.44. The van der Waals surface area contributed by atoms with Crippen molar-refractivity contribution in [2.75, 3.05) is 13.2 Å². The summed E-state index contributed by atoms with van der Waals surface area (Å²) < 4.78 is 8.56. The third kappa shape index (κ3) is 3.69. The first-order valence-corrected chi connectivity index (χ1v) is 6.51. The molecule has 2 rings (SSSR count). The first-order valence-electron chi connectivity index (χ1n) is 5.70. The Kier molecular flexibility index (Phi) is 4.82. The lowest BCUT2D eigenvalue weighted by Crippen LogP contribution is -2.48. The highest BCUT2D eigenvalue weighted by Crippen LogP contribution is 2.17. The number of ether oxygens (including phenoxy) is 1. The van der Waals surface area contributed by atoms with Gasteiger partial charge in [0.25, 0.3) is 0 Å². The molecule has 3 unspecified atom stereocenters. The molecule has 0 aromatic heterocycles. The number of hydrogen-bond acceptors (Lipinski definition) is 5. The zero-order valence-electron chi connectivity index (χ0n) is 9.45. The van der Waals surface area contributed by atoms with Gasteiger partial charge in [0, 0.05) is 18.0 Å². The number of aliphatic hydroxyl groups excluding tert-OH is 2. The minimum Gasteiger partial charge on any atom is -0.390 e. The minimum atomic E-state index is -0.798. The summed E-state index contributed by atoms with van der Waals surface area (Å²) in [5, 5.41) is 19.2. The molecule has 17 heavy (non-hydrogen) atoms. The third-order valence-corrected chi connectivity index (χ3v) is 3.56. The fraction of sp³-hybridized carbons (Fsp3) is 0.500. The molecular weight excluding hydrogens is 238 g/mol. The average Bonchev–Trinajstić information content (AvgIpc) is 2.36. The van der Waals surface area contributed by atoms with Crippen molar-refractivity contribution in [3.63, 3.8) is 0 Å². The minimum absolute atomic E-state index is 0.338. The molecule has 0 radical (unpaired) electrons. The maximum absolute atomic E-state index is 9.71. The summed E-state index contributed by atoms with van der Waals surface area (Å²) in [4.78, 5) is 1.11. The van der Waals surface area contributed by atoms with Crippen molar-refractivity contribution in [2.24, 2.45) is 0 Å². The summed E-state index contributed by atoms with van der Waals surface area (Å²) >= 11 is 1.49. The largest absolute Gasteiger partial charge is 0.390 e. The van der Waals surface area contributed by atoms with Crippen molar-refractivity contribution < 1.29 is 14.9 Å². The van der Waals surface area contributed by atoms with Gasteiger partial charge in [-0.15, -0.1) is 0 Å². The molecule has 1 aromatic carbocycles. The molecule has 1 aliphatic heterocycles. The molecular formula is C12H17NO3S. The van der Waals surface area contributed by atoms with Crippen LogP contribution in [0.25, 0.3) is 0 Å². The summed E-state index contributed by atoms with van der Waals surface area (Å²) in [7, 11) is 0. The summed E-state index contributed by atoms with van der Waals surface area (Å²) in [6.45, 7) is 1.01. The molecule has 1 aliphatic rings. The number of benzene rings is 1. The van der Waals surface area contributed by atoms with Gasteiger partial charge in [-0.3, -0.25) is 4.72 Å². The van der Waals surface area contributed by atoms with Gasteiger partial charge in [0.2, 0.25) is 0 Å². The Morgan fingerprint density at radius 1 is 1.29 bits per heavy atom. The first-order chi connectivity index (χ1) is 8.27. The van der Waals surface area contributed by atoms with Gasteiger partial charge in [-0.1, -0.05) is 18.2 Å². The van der Waals surface area contributed by atoms with Gasteiger partial charge in [-0.2, -0.15) is 0 Å². The van der Waals surface area contributed by atoms with Gasteiger partial charge in [0.05, 0.1) is 12.2 Å². The van der Waals surface area contributed by atoms with Crippen molar-refractivity contribution in [1.29, 1.82) is 0 Å². The van der Waals surface area contributed by atoms with Crippen LogP contribution in [0.15, 0.2) is 35.2 Å². The van der Waals surface area contributed by atoms with Gasteiger partial charge in [-0.25, -0.2) is 0 Å². The van der Waals surface area contributed by atoms with Crippen LogP contribution in [0.1, 0.15) is 6.42 Å². The predicted molar refractivity (Wildman–Crippen MR) is 66.7 cm³/mol. The quantitative estimate of drug-likeness (QED) is 0.695. The molecule has 4 nitrogen and oxygen atoms in total. The van der Waals surface area contributed by atoms with Crippen LogP contribution in [0.3, 0.4) is 0 Å². The third-order valence-electron chi connectivity index (χ3n) is 2.74. The topological polar surface area (TPSA) is 61.7 Å². The van der Waals surface area contributed by atoms with Crippen molar-refractivity contribution in [3.8, 4) is 0 Å². The van der Waals surface area contributed by atoms with E-state index in [-0.39, 0.29) is 6.10 Å². The van der Waals surface area contributed by atoms with E-state index in [1.165, 1.54) is 11.9 Å². The van der Waals surface area contributed by atoms with E-state index in [2.05, 4.69) is 4.72 Å². The molecule has 0 spiro atoms. The summed E-state index contributed by atoms with van der Waals surface area (Å²) in [6.07, 6.45) is -1.30. The Morgan fingerprint density at radius 2 is 2.06 bits per heavy atom. The molecule has 3 atom stereocenters. The summed E-state index contributed by atoms with van der Waals surface area (Å²) in [5.74, 6) is 0. The van der Waals surface area contributed by atoms with E-state index in [0.717, 1.165) is 4.90 Å². The van der Waals surface area contributed by atoms with Gasteiger partial charge in [0.15, 0.2) is 0 Å². The van der Waals surface area contributed by atoms with E-state index in [0.29, 0.717) is 19.6 Å². The number of rotatable bonds is 4. The molecule has 5 heteroatoms. The van der Waals surface area contributed by atoms with Crippen molar-refractivity contribution in [3.05, 3.63) is 30.3 Å². The number of nitrogens with one attached hydrogen (secondary N) is 1. The lowest BCUT2D eigenvalue weighted by Gasteiger charge is -2.31. The normalized spacial score (nSPS) is 29.2. The highest BCUT2D eigenvalue weighted by molar-refractivity contribution is 7.97. The van der Waals surface area contributed by atoms with E-state index in [1.807, 2.05) is 30.3 Å². The molecule has 0 bridgehead atoms. The van der Waals surface area contributed by atoms with Gasteiger partial charge in [-0.05, 0) is 30.5 Å². The maximum Gasteiger partial charge on any atom is 0.107 e. The fourth-order valence-electron chi connectivity index (χ4n) is 1.73. The highest BCUT2D eigenvalue weighted by atomic mass is 32.2. The van der Waals surface area contributed by atoms with Crippen LogP contribution in [-0.4, -0.2) is 41.7 Å². The predicted octanol–water partition coefficient (Wildman–Crippen LogP) is 0.794. The first kappa shape index (κ1) is 12.9. The molecule has 0 saturated carbocycles. The van der Waals surface area contributed by atoms with E-state index in [4.69, 9.17) is 4.74 Å². The second-order valence-corrected chi connectivity index (χ2v) is 4.98. The standard InChI is InChI=1S/C12H17NO3S/c14-10-6-7-16-11(12(10)15)8-13-17-9-4-2-1-3-5-9/h1-5,10-15H,6-8H2. The SMILES string of the molecule is OC1CCOC(CNSc2ccccc2)C1O. The Hall–Kier alpha value is -0.590. The zero-order chi connectivity index (χ0) is 12.1. The van der Waals surface area contributed by atoms with Crippen LogP contribution in [0, 0.1) is 0 Å². The Bertz CT molecular complexity index is 336. The van der Waals surface area contributed by atoms with Crippen LogP contribution < -0.4 is 4.72 Å². The summed E-state index contributed by atoms with van der Waals surface area (Å²) in [6, 6.07) is 9.92. The lowest BCUT2D eigenvalue weighted by molar-refractivity contribution is -0.131. The van der Waals surface area contributed by atoms with E-state index >= 15 is 0 Å². The van der Waals surface area contributed by atoms with Crippen molar-refractivity contribution in [1.82, 2.24) is 4.72 Å². The van der Waals surface area contributed by atoms with Crippen LogP contribution in [0.4, 0.5) is 0 Å². The highest BCUT2D eigenvalue weighted by Gasteiger charge is 2.30. The van der Waals surface area contributed by atoms with Crippen LogP contribution in [0.5, 0.6) is 0 Å². The monoisotopic (exact) mass is 255 g/mol. The van der Waals surface area contributed by atoms with E-state index in [9.17, 15) is 10.2 Å². The van der Waals surface area contributed by atoms with Crippen molar-refractivity contribution in [2.45, 2.75) is 29.6 Å². The molecule has 1 fully saturated rings. The Balaban J connectivity index is 1.75. The Labute approximate surface area is 105 Å². The Morgan fingerprint density at radius 3 is 2.82 bits per heavy atom. The van der Waals surface area contributed by atoms with E-state index < -0.39 is 12.2 Å². The number of hydrogen-bond donors (Lipinski definition) is 3. The second kappa shape index (κ2) is 6.37. The molecule has 1 heterocycles. The van der Waals surface area contributed by atoms with Gasteiger partial charge in [0.1, 0.15) is 6.10 Å². The molecule has 94 valence electrons. The van der Waals surface area contributed by atoms with Crippen LogP contribution >= 0.6 is 11.9 Å². The average molecular weight is 255 g/mol. The lowest BCUT2D eigenvalue weighted by atomic mass is 10.0. The maximum atomic E-state index is 9.71. The summed E-state index contributed by atoms with van der Waals surface area (Å²) in [5.41, 5.74) is 0. The zero-order valence-corrected chi connectivity index (χ0v) is 10.3. The smallest absolute Gasteiger partial charge is 0.107 e. The molecule has 1 saturated heterocycles. The molecule has 1 aromatic rings. The van der Waals surface area contributed by atoms with Crippen molar-refractivity contribution >= 4 is 11.9 Å². The van der Waals surface area contributed by atoms with E-state index in [1.54, 1.807) is 0 Å². The van der Waals surface area contributed by atoms with Gasteiger partial charge >= 0.3 is 0 Å². The van der Waals surface area contributed by atoms with Gasteiger partial charge < -0.3 is 14.9 Å². The number of aliphatic hydroxyl groups is 2. The molecule has 0 aliphatic carbocycles. The van der Waals surface area contributed by atoms with Crippen LogP contribution in [-0.2, 0) is 4.74 Å². The molecule has 0 amide bonds.